The fourth-order valence-corrected chi connectivity index (χ4v) is 3.74. The van der Waals surface area contributed by atoms with Gasteiger partial charge in [-0.15, -0.1) is 0 Å². The number of carbonyl (C=O) groups is 1. The monoisotopic (exact) mass is 366 g/mol. The number of para-hydroxylation sites is 1. The van der Waals surface area contributed by atoms with Gasteiger partial charge in [0.25, 0.3) is 0 Å². The molecule has 2 atom stereocenters. The second-order valence-corrected chi connectivity index (χ2v) is 7.51. The van der Waals surface area contributed by atoms with Crippen LogP contribution in [0.15, 0.2) is 60.7 Å². The van der Waals surface area contributed by atoms with E-state index in [0.29, 0.717) is 18.4 Å². The minimum absolute atomic E-state index is 0.0887. The first-order chi connectivity index (χ1) is 13.1. The number of hydrogen-bond acceptors (Lipinski definition) is 3. The average Bonchev–Trinajstić information content (AvgIpc) is 2.69. The molecule has 0 unspecified atom stereocenters. The van der Waals surface area contributed by atoms with Crippen molar-refractivity contribution in [1.82, 2.24) is 4.90 Å². The van der Waals surface area contributed by atoms with Crippen molar-refractivity contribution in [2.24, 2.45) is 11.8 Å². The molecule has 1 aliphatic heterocycles. The Labute approximate surface area is 162 Å². The first-order valence-electron chi connectivity index (χ1n) is 9.88. The SMILES string of the molecule is CC(=O)N(OC[C@H]1CCN(CCc2ccccc2)C[C@@H]1C)c1ccccc1. The van der Waals surface area contributed by atoms with Crippen LogP contribution in [-0.4, -0.2) is 37.0 Å². The van der Waals surface area contributed by atoms with Gasteiger partial charge in [0, 0.05) is 20.0 Å². The van der Waals surface area contributed by atoms with E-state index >= 15 is 0 Å². The van der Waals surface area contributed by atoms with E-state index in [2.05, 4.69) is 42.2 Å². The van der Waals surface area contributed by atoms with Crippen LogP contribution in [0.2, 0.25) is 0 Å². The molecule has 2 aromatic carbocycles. The summed E-state index contributed by atoms with van der Waals surface area (Å²) in [6.07, 6.45) is 2.21. The zero-order valence-electron chi connectivity index (χ0n) is 16.4. The third kappa shape index (κ3) is 5.65. The van der Waals surface area contributed by atoms with Crippen molar-refractivity contribution in [3.63, 3.8) is 0 Å². The van der Waals surface area contributed by atoms with E-state index in [4.69, 9.17) is 4.84 Å². The van der Waals surface area contributed by atoms with Gasteiger partial charge >= 0.3 is 0 Å². The lowest BCUT2D eigenvalue weighted by molar-refractivity contribution is -0.125. The number of nitrogens with zero attached hydrogens (tertiary/aromatic N) is 2. The predicted molar refractivity (Wildman–Crippen MR) is 109 cm³/mol. The van der Waals surface area contributed by atoms with E-state index in [1.165, 1.54) is 10.6 Å². The molecular weight excluding hydrogens is 336 g/mol. The van der Waals surface area contributed by atoms with Gasteiger partial charge in [-0.25, -0.2) is 0 Å². The molecule has 4 heteroatoms. The number of hydrogen-bond donors (Lipinski definition) is 0. The molecule has 3 rings (SSSR count). The van der Waals surface area contributed by atoms with Gasteiger partial charge in [-0.05, 0) is 48.9 Å². The summed E-state index contributed by atoms with van der Waals surface area (Å²) in [6.45, 7) is 7.71. The van der Waals surface area contributed by atoms with Crippen LogP contribution in [0.5, 0.6) is 0 Å². The van der Waals surface area contributed by atoms with Crippen LogP contribution >= 0.6 is 0 Å². The van der Waals surface area contributed by atoms with Crippen LogP contribution in [0.4, 0.5) is 5.69 Å². The highest BCUT2D eigenvalue weighted by molar-refractivity contribution is 5.89. The van der Waals surface area contributed by atoms with Crippen LogP contribution in [0.3, 0.4) is 0 Å². The molecule has 0 aliphatic carbocycles. The summed E-state index contributed by atoms with van der Waals surface area (Å²) in [5, 5.41) is 1.43. The molecule has 4 nitrogen and oxygen atoms in total. The molecule has 1 amide bonds. The Kier molecular flexibility index (Phi) is 7.02. The fourth-order valence-electron chi connectivity index (χ4n) is 3.74. The molecule has 0 bridgehead atoms. The second-order valence-electron chi connectivity index (χ2n) is 7.51. The summed E-state index contributed by atoms with van der Waals surface area (Å²) in [4.78, 5) is 20.4. The van der Waals surface area contributed by atoms with Crippen molar-refractivity contribution in [3.05, 3.63) is 66.2 Å². The number of anilines is 1. The molecule has 0 spiro atoms. The first-order valence-corrected chi connectivity index (χ1v) is 9.88. The number of rotatable bonds is 7. The van der Waals surface area contributed by atoms with Crippen molar-refractivity contribution in [2.45, 2.75) is 26.7 Å². The Balaban J connectivity index is 1.47. The average molecular weight is 367 g/mol. The van der Waals surface area contributed by atoms with Gasteiger partial charge < -0.3 is 4.90 Å². The molecule has 144 valence electrons. The summed E-state index contributed by atoms with van der Waals surface area (Å²) in [6, 6.07) is 20.3. The number of amides is 1. The van der Waals surface area contributed by atoms with Crippen molar-refractivity contribution in [2.75, 3.05) is 31.3 Å². The van der Waals surface area contributed by atoms with Gasteiger partial charge in [0.05, 0.1) is 12.3 Å². The zero-order valence-corrected chi connectivity index (χ0v) is 16.4. The molecule has 1 fully saturated rings. The van der Waals surface area contributed by atoms with Crippen LogP contribution in [0, 0.1) is 11.8 Å². The highest BCUT2D eigenvalue weighted by atomic mass is 16.7. The maximum absolute atomic E-state index is 12.0. The van der Waals surface area contributed by atoms with Crippen LogP contribution in [-0.2, 0) is 16.1 Å². The predicted octanol–water partition coefficient (Wildman–Crippen LogP) is 4.17. The maximum Gasteiger partial charge on any atom is 0.247 e. The van der Waals surface area contributed by atoms with Gasteiger partial charge in [-0.1, -0.05) is 55.5 Å². The van der Waals surface area contributed by atoms with Gasteiger partial charge in [-0.2, -0.15) is 5.06 Å². The lowest BCUT2D eigenvalue weighted by atomic mass is 9.87. The molecule has 0 aromatic heterocycles. The molecule has 1 saturated heterocycles. The smallest absolute Gasteiger partial charge is 0.247 e. The summed E-state index contributed by atoms with van der Waals surface area (Å²) >= 11 is 0. The van der Waals surface area contributed by atoms with E-state index in [1.807, 2.05) is 30.3 Å². The third-order valence-electron chi connectivity index (χ3n) is 5.42. The molecule has 1 aliphatic rings. The lowest BCUT2D eigenvalue weighted by Crippen LogP contribution is -2.43. The Hall–Kier alpha value is -2.17. The number of benzene rings is 2. The highest BCUT2D eigenvalue weighted by Crippen LogP contribution is 2.25. The third-order valence-corrected chi connectivity index (χ3v) is 5.42. The highest BCUT2D eigenvalue weighted by Gasteiger charge is 2.27. The van der Waals surface area contributed by atoms with Crippen LogP contribution in [0.1, 0.15) is 25.8 Å². The van der Waals surface area contributed by atoms with E-state index in [9.17, 15) is 4.79 Å². The van der Waals surface area contributed by atoms with E-state index in [0.717, 1.165) is 38.2 Å². The standard InChI is InChI=1S/C23H30N2O2/c1-19-17-24(15-13-21-9-5-3-6-10-21)16-14-22(19)18-27-25(20(2)26)23-11-7-4-8-12-23/h3-12,19,22H,13-18H2,1-2H3/t19-,22+/m0/s1. The van der Waals surface area contributed by atoms with Gasteiger partial charge in [0.15, 0.2) is 0 Å². The van der Waals surface area contributed by atoms with E-state index in [1.54, 1.807) is 6.92 Å². The molecule has 0 radical (unpaired) electrons. The number of hydroxylamine groups is 1. The van der Waals surface area contributed by atoms with Gasteiger partial charge in [0.2, 0.25) is 5.91 Å². The number of likely N-dealkylation sites (tertiary alicyclic amines) is 1. The van der Waals surface area contributed by atoms with Crippen LogP contribution < -0.4 is 5.06 Å². The molecular formula is C23H30N2O2. The van der Waals surface area contributed by atoms with E-state index < -0.39 is 0 Å². The lowest BCUT2D eigenvalue weighted by Gasteiger charge is -2.37. The first kappa shape index (κ1) is 19.6. The van der Waals surface area contributed by atoms with Crippen molar-refractivity contribution >= 4 is 11.6 Å². The maximum atomic E-state index is 12.0. The summed E-state index contributed by atoms with van der Waals surface area (Å²) < 4.78 is 0. The summed E-state index contributed by atoms with van der Waals surface area (Å²) in [5.41, 5.74) is 2.19. The molecule has 0 saturated carbocycles. The van der Waals surface area contributed by atoms with Gasteiger partial charge in [0.1, 0.15) is 0 Å². The Morgan fingerprint density at radius 1 is 1.11 bits per heavy atom. The molecule has 0 N–H and O–H groups in total. The second kappa shape index (κ2) is 9.67. The number of carbonyl (C=O) groups excluding carboxylic acids is 1. The Bertz CT molecular complexity index is 705. The molecule has 2 aromatic rings. The summed E-state index contributed by atoms with van der Waals surface area (Å²) in [7, 11) is 0. The van der Waals surface area contributed by atoms with Gasteiger partial charge in [-0.3, -0.25) is 9.63 Å². The zero-order chi connectivity index (χ0) is 19.1. The van der Waals surface area contributed by atoms with Crippen molar-refractivity contribution < 1.29 is 9.63 Å². The van der Waals surface area contributed by atoms with Crippen molar-refractivity contribution in [1.29, 1.82) is 0 Å². The Morgan fingerprint density at radius 2 is 1.78 bits per heavy atom. The van der Waals surface area contributed by atoms with Crippen molar-refractivity contribution in [3.8, 4) is 0 Å². The normalized spacial score (nSPS) is 20.4. The fraction of sp³-hybridized carbons (Fsp3) is 0.435. The Morgan fingerprint density at radius 3 is 2.41 bits per heavy atom. The topological polar surface area (TPSA) is 32.8 Å². The molecule has 27 heavy (non-hydrogen) atoms. The minimum Gasteiger partial charge on any atom is -0.303 e. The quantitative estimate of drug-likeness (QED) is 0.690. The number of piperidine rings is 1. The van der Waals surface area contributed by atoms with Crippen LogP contribution in [0.25, 0.3) is 0 Å². The molecule has 1 heterocycles. The largest absolute Gasteiger partial charge is 0.303 e. The summed E-state index contributed by atoms with van der Waals surface area (Å²) in [5.74, 6) is 0.941. The minimum atomic E-state index is -0.0887. The van der Waals surface area contributed by atoms with E-state index in [-0.39, 0.29) is 5.91 Å².